The number of nitrogens with zero attached hydrogens (tertiary/aromatic N) is 2. The number of carbonyl (C=O) groups excluding carboxylic acids is 1. The van der Waals surface area contributed by atoms with Crippen LogP contribution in [0.3, 0.4) is 0 Å². The SMILES string of the molecule is O=C(/C=C/c1ccccc1)Nc1ccc(N2CCCCC2)nc1. The highest BCUT2D eigenvalue weighted by Gasteiger charge is 2.11. The molecule has 0 aliphatic carbocycles. The fourth-order valence-corrected chi connectivity index (χ4v) is 2.69. The van der Waals surface area contributed by atoms with Gasteiger partial charge >= 0.3 is 0 Å². The Bertz CT molecular complexity index is 659. The molecule has 1 aromatic heterocycles. The zero-order valence-electron chi connectivity index (χ0n) is 13.1. The van der Waals surface area contributed by atoms with Crippen LogP contribution >= 0.6 is 0 Å². The largest absolute Gasteiger partial charge is 0.357 e. The molecule has 23 heavy (non-hydrogen) atoms. The molecule has 1 fully saturated rings. The van der Waals surface area contributed by atoms with Crippen molar-refractivity contribution in [1.29, 1.82) is 0 Å². The molecule has 2 heterocycles. The molecule has 0 spiro atoms. The summed E-state index contributed by atoms with van der Waals surface area (Å²) in [4.78, 5) is 18.7. The van der Waals surface area contributed by atoms with Crippen LogP contribution in [0.4, 0.5) is 11.5 Å². The van der Waals surface area contributed by atoms with Gasteiger partial charge in [0, 0.05) is 19.2 Å². The quantitative estimate of drug-likeness (QED) is 0.876. The van der Waals surface area contributed by atoms with E-state index in [-0.39, 0.29) is 5.91 Å². The van der Waals surface area contributed by atoms with E-state index in [1.54, 1.807) is 12.3 Å². The molecule has 1 aliphatic heterocycles. The summed E-state index contributed by atoms with van der Waals surface area (Å²) in [5.74, 6) is 0.837. The fraction of sp³-hybridized carbons (Fsp3) is 0.263. The molecular formula is C19H21N3O. The first kappa shape index (κ1) is 15.3. The molecule has 0 bridgehead atoms. The van der Waals surface area contributed by atoms with Crippen molar-refractivity contribution in [3.05, 3.63) is 60.3 Å². The summed E-state index contributed by atoms with van der Waals surface area (Å²) in [7, 11) is 0. The minimum absolute atomic E-state index is 0.152. The predicted octanol–water partition coefficient (Wildman–Crippen LogP) is 3.72. The second kappa shape index (κ2) is 7.58. The number of benzene rings is 1. The highest BCUT2D eigenvalue weighted by molar-refractivity contribution is 6.01. The number of hydrogen-bond acceptors (Lipinski definition) is 3. The van der Waals surface area contributed by atoms with Gasteiger partial charge in [-0.1, -0.05) is 30.3 Å². The standard InChI is InChI=1S/C19H21N3O/c23-19(12-9-16-7-3-1-4-8-16)21-17-10-11-18(20-15-17)22-13-5-2-6-14-22/h1,3-4,7-12,15H,2,5-6,13-14H2,(H,21,23)/b12-9+. The lowest BCUT2D eigenvalue weighted by molar-refractivity contribution is -0.111. The maximum absolute atomic E-state index is 11.9. The molecular weight excluding hydrogens is 286 g/mol. The molecule has 1 aromatic carbocycles. The van der Waals surface area contributed by atoms with Crippen LogP contribution in [-0.4, -0.2) is 24.0 Å². The molecule has 1 saturated heterocycles. The van der Waals surface area contributed by atoms with Crippen LogP contribution in [-0.2, 0) is 4.79 Å². The van der Waals surface area contributed by atoms with Gasteiger partial charge in [-0.25, -0.2) is 4.98 Å². The summed E-state index contributed by atoms with van der Waals surface area (Å²) in [6.07, 6.45) is 8.81. The molecule has 4 heteroatoms. The monoisotopic (exact) mass is 307 g/mol. The van der Waals surface area contributed by atoms with E-state index in [4.69, 9.17) is 0 Å². The minimum Gasteiger partial charge on any atom is -0.357 e. The van der Waals surface area contributed by atoms with Gasteiger partial charge in [-0.3, -0.25) is 4.79 Å². The third kappa shape index (κ3) is 4.42. The summed E-state index contributed by atoms with van der Waals surface area (Å²) in [5, 5.41) is 2.84. The molecule has 0 unspecified atom stereocenters. The Hall–Kier alpha value is -2.62. The van der Waals surface area contributed by atoms with Crippen LogP contribution in [0, 0.1) is 0 Å². The van der Waals surface area contributed by atoms with Crippen molar-refractivity contribution in [1.82, 2.24) is 4.98 Å². The van der Waals surface area contributed by atoms with Crippen LogP contribution in [0.5, 0.6) is 0 Å². The van der Waals surface area contributed by atoms with Gasteiger partial charge in [0.05, 0.1) is 11.9 Å². The van der Waals surface area contributed by atoms with Crippen molar-refractivity contribution in [3.8, 4) is 0 Å². The van der Waals surface area contributed by atoms with Crippen LogP contribution in [0.25, 0.3) is 6.08 Å². The number of rotatable bonds is 4. The van der Waals surface area contributed by atoms with E-state index in [0.29, 0.717) is 5.69 Å². The number of pyridine rings is 1. The summed E-state index contributed by atoms with van der Waals surface area (Å²) < 4.78 is 0. The lowest BCUT2D eigenvalue weighted by atomic mass is 10.1. The van der Waals surface area contributed by atoms with Gasteiger partial charge in [-0.15, -0.1) is 0 Å². The Balaban J connectivity index is 1.57. The number of anilines is 2. The van der Waals surface area contributed by atoms with Crippen molar-refractivity contribution in [3.63, 3.8) is 0 Å². The fourth-order valence-electron chi connectivity index (χ4n) is 2.69. The maximum Gasteiger partial charge on any atom is 0.248 e. The second-order valence-corrected chi connectivity index (χ2v) is 5.69. The summed E-state index contributed by atoms with van der Waals surface area (Å²) in [6, 6.07) is 13.6. The number of piperidine rings is 1. The molecule has 0 saturated carbocycles. The average Bonchev–Trinajstić information content (AvgIpc) is 2.62. The summed E-state index contributed by atoms with van der Waals surface area (Å²) >= 11 is 0. The molecule has 0 atom stereocenters. The third-order valence-corrected chi connectivity index (χ3v) is 3.92. The van der Waals surface area contributed by atoms with E-state index >= 15 is 0 Å². The third-order valence-electron chi connectivity index (χ3n) is 3.92. The summed E-state index contributed by atoms with van der Waals surface area (Å²) in [6.45, 7) is 2.14. The van der Waals surface area contributed by atoms with Crippen LogP contribution in [0.15, 0.2) is 54.7 Å². The molecule has 3 rings (SSSR count). The highest BCUT2D eigenvalue weighted by Crippen LogP contribution is 2.18. The van der Waals surface area contributed by atoms with Crippen molar-refractivity contribution in [2.24, 2.45) is 0 Å². The Labute approximate surface area is 136 Å². The normalized spacial score (nSPS) is 14.9. The first-order valence-corrected chi connectivity index (χ1v) is 8.06. The Morgan fingerprint density at radius 2 is 1.83 bits per heavy atom. The van der Waals surface area contributed by atoms with Gasteiger partial charge in [0.2, 0.25) is 5.91 Å². The van der Waals surface area contributed by atoms with Gasteiger partial charge in [0.1, 0.15) is 5.82 Å². The zero-order chi connectivity index (χ0) is 15.9. The Morgan fingerprint density at radius 1 is 1.04 bits per heavy atom. The molecule has 1 amide bonds. The first-order chi connectivity index (χ1) is 11.3. The van der Waals surface area contributed by atoms with E-state index in [1.807, 2.05) is 42.5 Å². The molecule has 1 aliphatic rings. The van der Waals surface area contributed by atoms with E-state index < -0.39 is 0 Å². The van der Waals surface area contributed by atoms with Crippen molar-refractivity contribution in [2.75, 3.05) is 23.3 Å². The molecule has 4 nitrogen and oxygen atoms in total. The predicted molar refractivity (Wildman–Crippen MR) is 94.4 cm³/mol. The van der Waals surface area contributed by atoms with Crippen LogP contribution in [0.1, 0.15) is 24.8 Å². The molecule has 0 radical (unpaired) electrons. The Morgan fingerprint density at radius 3 is 2.52 bits per heavy atom. The number of aromatic nitrogens is 1. The van der Waals surface area contributed by atoms with Gasteiger partial charge in [0.25, 0.3) is 0 Å². The second-order valence-electron chi connectivity index (χ2n) is 5.69. The summed E-state index contributed by atoms with van der Waals surface area (Å²) in [5.41, 5.74) is 1.72. The van der Waals surface area contributed by atoms with Gasteiger partial charge in [-0.2, -0.15) is 0 Å². The van der Waals surface area contributed by atoms with Crippen molar-refractivity contribution < 1.29 is 4.79 Å². The van der Waals surface area contributed by atoms with Gasteiger partial charge in [0.15, 0.2) is 0 Å². The lowest BCUT2D eigenvalue weighted by Gasteiger charge is -2.27. The van der Waals surface area contributed by atoms with Gasteiger partial charge in [-0.05, 0) is 43.0 Å². The molecule has 1 N–H and O–H groups in total. The topological polar surface area (TPSA) is 45.2 Å². The Kier molecular flexibility index (Phi) is 5.04. The van der Waals surface area contributed by atoms with E-state index in [0.717, 1.165) is 24.5 Å². The maximum atomic E-state index is 11.9. The number of amides is 1. The van der Waals surface area contributed by atoms with Crippen LogP contribution in [0.2, 0.25) is 0 Å². The first-order valence-electron chi connectivity index (χ1n) is 8.06. The highest BCUT2D eigenvalue weighted by atomic mass is 16.1. The van der Waals surface area contributed by atoms with Crippen LogP contribution < -0.4 is 10.2 Å². The number of carbonyl (C=O) groups is 1. The van der Waals surface area contributed by atoms with E-state index in [9.17, 15) is 4.79 Å². The number of hydrogen-bond donors (Lipinski definition) is 1. The van der Waals surface area contributed by atoms with Crippen molar-refractivity contribution in [2.45, 2.75) is 19.3 Å². The zero-order valence-corrected chi connectivity index (χ0v) is 13.1. The van der Waals surface area contributed by atoms with Gasteiger partial charge < -0.3 is 10.2 Å². The smallest absolute Gasteiger partial charge is 0.248 e. The molecule has 118 valence electrons. The van der Waals surface area contributed by atoms with E-state index in [2.05, 4.69) is 15.2 Å². The number of nitrogens with one attached hydrogen (secondary N) is 1. The van der Waals surface area contributed by atoms with E-state index in [1.165, 1.54) is 25.3 Å². The minimum atomic E-state index is -0.152. The average molecular weight is 307 g/mol. The molecule has 2 aromatic rings. The van der Waals surface area contributed by atoms with Crippen molar-refractivity contribution >= 4 is 23.5 Å². The lowest BCUT2D eigenvalue weighted by Crippen LogP contribution is -2.30.